The molecule has 0 bridgehead atoms. The van der Waals surface area contributed by atoms with Crippen LogP contribution in [0, 0.1) is 11.8 Å². The molecule has 2 aromatic rings. The third-order valence-corrected chi connectivity index (χ3v) is 5.54. The summed E-state index contributed by atoms with van der Waals surface area (Å²) >= 11 is 8.23. The van der Waals surface area contributed by atoms with E-state index in [-0.39, 0.29) is 0 Å². The lowest BCUT2D eigenvalue weighted by Gasteiger charge is -2.17. The van der Waals surface area contributed by atoms with Crippen molar-refractivity contribution in [1.82, 2.24) is 9.97 Å². The van der Waals surface area contributed by atoms with Crippen molar-refractivity contribution in [3.8, 4) is 0 Å². The second-order valence-corrected chi connectivity index (χ2v) is 7.92. The van der Waals surface area contributed by atoms with Crippen LogP contribution in [0.15, 0.2) is 0 Å². The predicted molar refractivity (Wildman–Crippen MR) is 91.6 cm³/mol. The fraction of sp³-hybridized carbons (Fsp3) is 0.625. The first-order valence-electron chi connectivity index (χ1n) is 7.76. The molecule has 5 heteroatoms. The van der Waals surface area contributed by atoms with Crippen molar-refractivity contribution in [2.75, 3.05) is 11.9 Å². The second-order valence-electron chi connectivity index (χ2n) is 6.48. The minimum Gasteiger partial charge on any atom is -0.354 e. The quantitative estimate of drug-likeness (QED) is 0.811. The Morgan fingerprint density at radius 1 is 1.38 bits per heavy atom. The number of hydrogen-bond acceptors (Lipinski definition) is 4. The Kier molecular flexibility index (Phi) is 4.36. The van der Waals surface area contributed by atoms with E-state index in [9.17, 15) is 0 Å². The highest BCUT2D eigenvalue weighted by Gasteiger charge is 2.23. The zero-order valence-corrected chi connectivity index (χ0v) is 14.4. The molecule has 0 aliphatic heterocycles. The van der Waals surface area contributed by atoms with Crippen LogP contribution in [0.25, 0.3) is 10.2 Å². The molecule has 2 heterocycles. The van der Waals surface area contributed by atoms with Gasteiger partial charge in [0.05, 0.1) is 5.39 Å². The van der Waals surface area contributed by atoms with Gasteiger partial charge in [0.25, 0.3) is 0 Å². The summed E-state index contributed by atoms with van der Waals surface area (Å²) in [5, 5.41) is 5.00. The Labute approximate surface area is 135 Å². The van der Waals surface area contributed by atoms with Crippen molar-refractivity contribution in [2.24, 2.45) is 11.8 Å². The van der Waals surface area contributed by atoms with E-state index in [1.807, 2.05) is 0 Å². The molecule has 0 saturated heterocycles. The SMILES string of the molecule is CC(C)CCNc1nc(Cl)c2c3c(sc2n1)CC(C)CC3. The first kappa shape index (κ1) is 15.0. The summed E-state index contributed by atoms with van der Waals surface area (Å²) in [6.45, 7) is 7.64. The summed E-state index contributed by atoms with van der Waals surface area (Å²) in [4.78, 5) is 11.6. The topological polar surface area (TPSA) is 37.8 Å². The first-order valence-corrected chi connectivity index (χ1v) is 8.95. The van der Waals surface area contributed by atoms with Crippen LogP contribution >= 0.6 is 22.9 Å². The maximum absolute atomic E-state index is 6.43. The molecule has 0 saturated carbocycles. The Hall–Kier alpha value is -0.870. The third-order valence-electron chi connectivity index (χ3n) is 4.12. The van der Waals surface area contributed by atoms with Crippen molar-refractivity contribution in [2.45, 2.75) is 46.5 Å². The Balaban J connectivity index is 1.90. The van der Waals surface area contributed by atoms with Crippen molar-refractivity contribution in [1.29, 1.82) is 0 Å². The van der Waals surface area contributed by atoms with Gasteiger partial charge in [-0.25, -0.2) is 9.97 Å². The van der Waals surface area contributed by atoms with Crippen molar-refractivity contribution in [3.05, 3.63) is 15.6 Å². The molecule has 0 fully saturated rings. The highest BCUT2D eigenvalue weighted by atomic mass is 35.5. The lowest BCUT2D eigenvalue weighted by molar-refractivity contribution is 0.509. The monoisotopic (exact) mass is 323 g/mol. The van der Waals surface area contributed by atoms with Crippen LogP contribution < -0.4 is 5.32 Å². The van der Waals surface area contributed by atoms with Crippen molar-refractivity contribution in [3.63, 3.8) is 0 Å². The molecule has 1 unspecified atom stereocenters. The number of anilines is 1. The average molecular weight is 324 g/mol. The van der Waals surface area contributed by atoms with Gasteiger partial charge in [0, 0.05) is 11.4 Å². The van der Waals surface area contributed by atoms with E-state index in [1.165, 1.54) is 16.9 Å². The minimum atomic E-state index is 0.610. The second kappa shape index (κ2) is 6.09. The van der Waals surface area contributed by atoms with E-state index in [0.717, 1.165) is 41.9 Å². The Bertz CT molecular complexity index is 650. The number of halogens is 1. The number of rotatable bonds is 4. The third kappa shape index (κ3) is 3.16. The average Bonchev–Trinajstić information content (AvgIpc) is 2.75. The largest absolute Gasteiger partial charge is 0.354 e. The minimum absolute atomic E-state index is 0.610. The lowest BCUT2D eigenvalue weighted by atomic mass is 9.89. The summed E-state index contributed by atoms with van der Waals surface area (Å²) in [5.74, 6) is 2.10. The van der Waals surface area contributed by atoms with Crippen molar-refractivity contribution >= 4 is 39.1 Å². The molecular formula is C16H22ClN3S. The molecular weight excluding hydrogens is 302 g/mol. The van der Waals surface area contributed by atoms with Gasteiger partial charge in [-0.3, -0.25) is 0 Å². The van der Waals surface area contributed by atoms with E-state index in [0.29, 0.717) is 17.0 Å². The molecule has 1 N–H and O–H groups in total. The van der Waals surface area contributed by atoms with Gasteiger partial charge < -0.3 is 5.32 Å². The number of nitrogens with one attached hydrogen (secondary N) is 1. The molecule has 0 radical (unpaired) electrons. The summed E-state index contributed by atoms with van der Waals surface area (Å²) in [6, 6.07) is 0. The van der Waals surface area contributed by atoms with Crippen LogP contribution in [0.2, 0.25) is 5.15 Å². The number of thiophene rings is 1. The van der Waals surface area contributed by atoms with Crippen LogP contribution in [0.3, 0.4) is 0 Å². The Morgan fingerprint density at radius 2 is 2.19 bits per heavy atom. The smallest absolute Gasteiger partial charge is 0.225 e. The molecule has 3 rings (SSSR count). The highest BCUT2D eigenvalue weighted by Crippen LogP contribution is 2.40. The molecule has 2 aromatic heterocycles. The fourth-order valence-corrected chi connectivity index (χ4v) is 4.57. The number of aromatic nitrogens is 2. The maximum Gasteiger partial charge on any atom is 0.225 e. The van der Waals surface area contributed by atoms with Gasteiger partial charge in [0.2, 0.25) is 5.95 Å². The summed E-state index contributed by atoms with van der Waals surface area (Å²) < 4.78 is 0. The maximum atomic E-state index is 6.43. The molecule has 0 amide bonds. The number of fused-ring (bicyclic) bond motifs is 3. The van der Waals surface area contributed by atoms with Crippen LogP contribution in [0.4, 0.5) is 5.95 Å². The van der Waals surface area contributed by atoms with Gasteiger partial charge in [0.15, 0.2) is 0 Å². The predicted octanol–water partition coefficient (Wildman–Crippen LogP) is 4.93. The molecule has 1 aliphatic rings. The van der Waals surface area contributed by atoms with Gasteiger partial charge in [-0.05, 0) is 43.1 Å². The van der Waals surface area contributed by atoms with E-state index in [2.05, 4.69) is 36.1 Å². The van der Waals surface area contributed by atoms with E-state index in [1.54, 1.807) is 11.3 Å². The standard InChI is InChI=1S/C16H22ClN3S/c1-9(2)6-7-18-16-19-14(17)13-11-5-4-10(3)8-12(11)21-15(13)20-16/h9-10H,4-8H2,1-3H3,(H,18,19,20). The number of hydrogen-bond donors (Lipinski definition) is 1. The molecule has 0 spiro atoms. The normalized spacial score (nSPS) is 18.2. The van der Waals surface area contributed by atoms with E-state index >= 15 is 0 Å². The van der Waals surface area contributed by atoms with Gasteiger partial charge in [-0.2, -0.15) is 0 Å². The number of aryl methyl sites for hydroxylation is 1. The fourth-order valence-electron chi connectivity index (χ4n) is 2.85. The molecule has 3 nitrogen and oxygen atoms in total. The first-order chi connectivity index (χ1) is 10.0. The van der Waals surface area contributed by atoms with Crippen LogP contribution in [-0.2, 0) is 12.8 Å². The van der Waals surface area contributed by atoms with E-state index < -0.39 is 0 Å². The van der Waals surface area contributed by atoms with Gasteiger partial charge in [-0.15, -0.1) is 11.3 Å². The molecule has 1 atom stereocenters. The number of nitrogens with zero attached hydrogens (tertiary/aromatic N) is 2. The lowest BCUT2D eigenvalue weighted by Crippen LogP contribution is -2.09. The molecule has 1 aliphatic carbocycles. The van der Waals surface area contributed by atoms with Crippen molar-refractivity contribution < 1.29 is 0 Å². The summed E-state index contributed by atoms with van der Waals surface area (Å²) in [5.41, 5.74) is 1.40. The molecule has 21 heavy (non-hydrogen) atoms. The van der Waals surface area contributed by atoms with Gasteiger partial charge in [0.1, 0.15) is 9.98 Å². The van der Waals surface area contributed by atoms with E-state index in [4.69, 9.17) is 11.6 Å². The van der Waals surface area contributed by atoms with Gasteiger partial charge >= 0.3 is 0 Å². The zero-order chi connectivity index (χ0) is 15.0. The molecule has 0 aromatic carbocycles. The molecule has 114 valence electrons. The van der Waals surface area contributed by atoms with Crippen LogP contribution in [0.5, 0.6) is 0 Å². The summed E-state index contributed by atoms with van der Waals surface area (Å²) in [7, 11) is 0. The highest BCUT2D eigenvalue weighted by molar-refractivity contribution is 7.19. The Morgan fingerprint density at radius 3 is 2.95 bits per heavy atom. The van der Waals surface area contributed by atoms with Crippen LogP contribution in [-0.4, -0.2) is 16.5 Å². The van der Waals surface area contributed by atoms with Gasteiger partial charge in [-0.1, -0.05) is 32.4 Å². The zero-order valence-electron chi connectivity index (χ0n) is 12.9. The van der Waals surface area contributed by atoms with Crippen LogP contribution in [0.1, 0.15) is 44.1 Å². The summed E-state index contributed by atoms with van der Waals surface area (Å²) in [6.07, 6.45) is 4.61.